The number of hydrogen-bond acceptors (Lipinski definition) is 5. The van der Waals surface area contributed by atoms with E-state index >= 15 is 0 Å². The average molecular weight is 256 g/mol. The van der Waals surface area contributed by atoms with Gasteiger partial charge in [-0.25, -0.2) is 0 Å². The first-order valence-corrected chi connectivity index (χ1v) is 6.33. The molecule has 1 unspecified atom stereocenters. The summed E-state index contributed by atoms with van der Waals surface area (Å²) < 4.78 is 4.87. The highest BCUT2D eigenvalue weighted by Crippen LogP contribution is 2.18. The Labute approximate surface area is 107 Å². The van der Waals surface area contributed by atoms with Crippen molar-refractivity contribution in [3.05, 3.63) is 0 Å². The minimum atomic E-state index is -0.760. The van der Waals surface area contributed by atoms with E-state index in [0.29, 0.717) is 6.54 Å². The Kier molecular flexibility index (Phi) is 5.61. The van der Waals surface area contributed by atoms with Crippen LogP contribution in [0.25, 0.3) is 0 Å². The number of likely N-dealkylation sites (tertiary alicyclic amines) is 1. The summed E-state index contributed by atoms with van der Waals surface area (Å²) in [5.41, 5.74) is -0.107. The number of nitrogens with zero attached hydrogens (tertiary/aromatic N) is 2. The van der Waals surface area contributed by atoms with Crippen LogP contribution in [0, 0.1) is 5.92 Å². The van der Waals surface area contributed by atoms with E-state index < -0.39 is 11.9 Å². The molecule has 6 nitrogen and oxygen atoms in total. The molecule has 1 saturated heterocycles. The van der Waals surface area contributed by atoms with Crippen molar-refractivity contribution in [2.24, 2.45) is 11.1 Å². The zero-order chi connectivity index (χ0) is 13.5. The Bertz CT molecular complexity index is 341. The maximum Gasteiger partial charge on any atom is 0.317 e. The lowest BCUT2D eigenvalue weighted by molar-refractivity contribution is -0.145. The molecule has 1 aliphatic rings. The maximum atomic E-state index is 11.9. The van der Waals surface area contributed by atoms with Gasteiger partial charge in [0.25, 0.3) is 5.91 Å². The fourth-order valence-corrected chi connectivity index (χ4v) is 1.99. The van der Waals surface area contributed by atoms with E-state index in [1.54, 1.807) is 11.8 Å². The number of carbonyl (C=O) groups excluding carboxylic acids is 2. The number of amides is 1. The summed E-state index contributed by atoms with van der Waals surface area (Å²) in [5.74, 6) is -1.63. The molecule has 0 aromatic heterocycles. The summed E-state index contributed by atoms with van der Waals surface area (Å²) in [4.78, 5) is 25.1. The van der Waals surface area contributed by atoms with Gasteiger partial charge < -0.3 is 14.8 Å². The second-order valence-electron chi connectivity index (χ2n) is 4.25. The third-order valence-electron chi connectivity index (χ3n) is 2.95. The molecule has 1 heterocycles. The van der Waals surface area contributed by atoms with Gasteiger partial charge in [-0.15, -0.1) is 0 Å². The predicted octanol–water partition coefficient (Wildman–Crippen LogP) is 1.03. The monoisotopic (exact) mass is 256 g/mol. The van der Waals surface area contributed by atoms with E-state index in [4.69, 9.17) is 9.94 Å². The molecule has 6 heteroatoms. The smallest absolute Gasteiger partial charge is 0.317 e. The Morgan fingerprint density at radius 1 is 1.50 bits per heavy atom. The first-order chi connectivity index (χ1) is 8.65. The van der Waals surface area contributed by atoms with Crippen molar-refractivity contribution >= 4 is 17.6 Å². The van der Waals surface area contributed by atoms with Crippen LogP contribution in [0.15, 0.2) is 5.16 Å². The van der Waals surface area contributed by atoms with Crippen LogP contribution >= 0.6 is 0 Å². The number of ether oxygens (including phenoxy) is 1. The fourth-order valence-electron chi connectivity index (χ4n) is 1.99. The van der Waals surface area contributed by atoms with Crippen molar-refractivity contribution in [1.82, 2.24) is 4.90 Å². The minimum Gasteiger partial charge on any atom is -0.465 e. The molecule has 0 aromatic carbocycles. The quantitative estimate of drug-likeness (QED) is 0.333. The van der Waals surface area contributed by atoms with E-state index in [1.165, 1.54) is 0 Å². The summed E-state index contributed by atoms with van der Waals surface area (Å²) in [7, 11) is 0. The van der Waals surface area contributed by atoms with Gasteiger partial charge in [-0.2, -0.15) is 0 Å². The third kappa shape index (κ3) is 3.21. The zero-order valence-electron chi connectivity index (χ0n) is 10.9. The number of oxime groups is 1. The lowest BCUT2D eigenvalue weighted by atomic mass is 10.1. The molecule has 102 valence electrons. The van der Waals surface area contributed by atoms with Gasteiger partial charge in [0.2, 0.25) is 0 Å². The Hall–Kier alpha value is -1.59. The van der Waals surface area contributed by atoms with E-state index in [0.717, 1.165) is 19.3 Å². The van der Waals surface area contributed by atoms with Gasteiger partial charge in [0.15, 0.2) is 5.71 Å². The summed E-state index contributed by atoms with van der Waals surface area (Å²) in [5, 5.41) is 11.8. The Morgan fingerprint density at radius 2 is 2.22 bits per heavy atom. The summed E-state index contributed by atoms with van der Waals surface area (Å²) in [6.45, 7) is 4.86. The van der Waals surface area contributed by atoms with Crippen LogP contribution in [-0.2, 0) is 14.3 Å². The molecule has 0 bridgehead atoms. The SMILES string of the molecule is CCCCCN1CC(C(=O)OCC)/C(=N\O)C1=O. The van der Waals surface area contributed by atoms with E-state index in [-0.39, 0.29) is 24.8 Å². The molecule has 1 aliphatic heterocycles. The molecule has 18 heavy (non-hydrogen) atoms. The first-order valence-electron chi connectivity index (χ1n) is 6.33. The van der Waals surface area contributed by atoms with E-state index in [2.05, 4.69) is 12.1 Å². The highest BCUT2D eigenvalue weighted by molar-refractivity contribution is 6.44. The molecular formula is C12H20N2O4. The Balaban J connectivity index is 2.66. The van der Waals surface area contributed by atoms with Crippen molar-refractivity contribution in [1.29, 1.82) is 0 Å². The largest absolute Gasteiger partial charge is 0.465 e. The van der Waals surface area contributed by atoms with Crippen molar-refractivity contribution < 1.29 is 19.5 Å². The van der Waals surface area contributed by atoms with Crippen LogP contribution in [0.1, 0.15) is 33.1 Å². The molecule has 0 saturated carbocycles. The highest BCUT2D eigenvalue weighted by atomic mass is 16.5. The third-order valence-corrected chi connectivity index (χ3v) is 2.95. The van der Waals surface area contributed by atoms with Gasteiger partial charge in [0.1, 0.15) is 5.92 Å². The Morgan fingerprint density at radius 3 is 2.78 bits per heavy atom. The molecule has 1 amide bonds. The van der Waals surface area contributed by atoms with Gasteiger partial charge in [0, 0.05) is 13.1 Å². The van der Waals surface area contributed by atoms with Crippen LogP contribution in [0.2, 0.25) is 0 Å². The van der Waals surface area contributed by atoms with Crippen LogP contribution in [0.5, 0.6) is 0 Å². The molecule has 0 radical (unpaired) electrons. The van der Waals surface area contributed by atoms with Gasteiger partial charge in [-0.1, -0.05) is 24.9 Å². The number of rotatable bonds is 6. The molecule has 1 atom stereocenters. The summed E-state index contributed by atoms with van der Waals surface area (Å²) in [6, 6.07) is 0. The molecule has 1 rings (SSSR count). The van der Waals surface area contributed by atoms with Gasteiger partial charge in [0.05, 0.1) is 6.61 Å². The van der Waals surface area contributed by atoms with Gasteiger partial charge in [-0.05, 0) is 13.3 Å². The zero-order valence-corrected chi connectivity index (χ0v) is 10.9. The lowest BCUT2D eigenvalue weighted by Gasteiger charge is -2.14. The van der Waals surface area contributed by atoms with Crippen molar-refractivity contribution in [2.45, 2.75) is 33.1 Å². The minimum absolute atomic E-state index is 0.107. The average Bonchev–Trinajstić information content (AvgIpc) is 2.67. The first kappa shape index (κ1) is 14.5. The second-order valence-corrected chi connectivity index (χ2v) is 4.25. The molecule has 0 spiro atoms. The normalized spacial score (nSPS) is 21.7. The van der Waals surface area contributed by atoms with Crippen LogP contribution in [0.3, 0.4) is 0 Å². The topological polar surface area (TPSA) is 79.2 Å². The molecule has 0 aliphatic carbocycles. The van der Waals surface area contributed by atoms with Crippen molar-refractivity contribution in [3.8, 4) is 0 Å². The van der Waals surface area contributed by atoms with E-state index in [1.807, 2.05) is 0 Å². The van der Waals surface area contributed by atoms with Crippen LogP contribution < -0.4 is 0 Å². The maximum absolute atomic E-state index is 11.9. The highest BCUT2D eigenvalue weighted by Gasteiger charge is 2.42. The van der Waals surface area contributed by atoms with Crippen molar-refractivity contribution in [2.75, 3.05) is 19.7 Å². The molecule has 0 aromatic rings. The van der Waals surface area contributed by atoms with Gasteiger partial charge in [-0.3, -0.25) is 9.59 Å². The molecule has 1 fully saturated rings. The molecular weight excluding hydrogens is 236 g/mol. The predicted molar refractivity (Wildman–Crippen MR) is 65.4 cm³/mol. The van der Waals surface area contributed by atoms with Crippen LogP contribution in [-0.4, -0.2) is 47.4 Å². The van der Waals surface area contributed by atoms with E-state index in [9.17, 15) is 9.59 Å². The van der Waals surface area contributed by atoms with Crippen molar-refractivity contribution in [3.63, 3.8) is 0 Å². The number of esters is 1. The second kappa shape index (κ2) is 6.98. The number of hydrogen-bond donors (Lipinski definition) is 1. The summed E-state index contributed by atoms with van der Waals surface area (Å²) >= 11 is 0. The van der Waals surface area contributed by atoms with Crippen LogP contribution in [0.4, 0.5) is 0 Å². The number of carbonyl (C=O) groups is 2. The van der Waals surface area contributed by atoms with Gasteiger partial charge >= 0.3 is 5.97 Å². The fraction of sp³-hybridized carbons (Fsp3) is 0.750. The standard InChI is InChI=1S/C12H20N2O4/c1-3-5-6-7-14-8-9(12(16)18-4-2)10(13-17)11(14)15/h9,17H,3-8H2,1-2H3/b13-10+. The summed E-state index contributed by atoms with van der Waals surface area (Å²) in [6.07, 6.45) is 2.97. The lowest BCUT2D eigenvalue weighted by Crippen LogP contribution is -2.28. The number of unbranched alkanes of at least 4 members (excludes halogenated alkanes) is 2. The molecule has 1 N–H and O–H groups in total.